The van der Waals surface area contributed by atoms with Gasteiger partial charge in [-0.15, -0.1) is 0 Å². The molecule has 0 bridgehead atoms. The molecule has 1 atom stereocenters. The Bertz CT molecular complexity index is 522. The van der Waals surface area contributed by atoms with Gasteiger partial charge in [0.05, 0.1) is 0 Å². The quantitative estimate of drug-likeness (QED) is 0.608. The van der Waals surface area contributed by atoms with E-state index in [-0.39, 0.29) is 4.90 Å². The lowest BCUT2D eigenvalue weighted by Gasteiger charge is -2.34. The molecule has 2 rings (SSSR count). The average molecular weight is 309 g/mol. The summed E-state index contributed by atoms with van der Waals surface area (Å²) in [6.07, 6.45) is 3.65. The third-order valence-electron chi connectivity index (χ3n) is 3.25. The van der Waals surface area contributed by atoms with Crippen molar-refractivity contribution in [1.29, 1.82) is 0 Å². The average Bonchev–Trinajstić information content (AvgIpc) is 2.61. The molecule has 1 aliphatic heterocycles. The zero-order valence-electron chi connectivity index (χ0n) is 10.9. The number of unbranched alkanes of at least 4 members (excludes halogenated alkanes) is 1. The van der Waals surface area contributed by atoms with Crippen LogP contribution < -0.4 is 0 Å². The van der Waals surface area contributed by atoms with Gasteiger partial charge in [0.15, 0.2) is 0 Å². The van der Waals surface area contributed by atoms with E-state index in [2.05, 4.69) is 0 Å². The number of aryl methyl sites for hydroxylation is 1. The standard InChI is InChI=1S/C14H16ClF3S/c1-3-4-5-12-9-11-7-6-10(2)8-13(11)19(12,15)14(16,17)18/h6-9H,3-5H2,1-2H3. The lowest BCUT2D eigenvalue weighted by Crippen LogP contribution is -2.16. The fraction of sp³-hybridized carbons (Fsp3) is 0.429. The number of alkyl halides is 3. The van der Waals surface area contributed by atoms with Gasteiger partial charge < -0.3 is 0 Å². The molecule has 0 radical (unpaired) electrons. The molecule has 19 heavy (non-hydrogen) atoms. The van der Waals surface area contributed by atoms with E-state index in [9.17, 15) is 13.2 Å². The Labute approximate surface area is 117 Å². The minimum Gasteiger partial charge on any atom is -0.160 e. The first kappa shape index (κ1) is 14.8. The number of fused-ring (bicyclic) bond motifs is 1. The summed E-state index contributed by atoms with van der Waals surface area (Å²) in [5.41, 5.74) is -2.96. The summed E-state index contributed by atoms with van der Waals surface area (Å²) in [5, 5.41) is 0. The summed E-state index contributed by atoms with van der Waals surface area (Å²) in [5.74, 6) is 0. The minimum absolute atomic E-state index is 0.257. The van der Waals surface area contributed by atoms with Gasteiger partial charge in [0.2, 0.25) is 0 Å². The molecule has 0 saturated heterocycles. The third-order valence-corrected chi connectivity index (χ3v) is 7.51. The van der Waals surface area contributed by atoms with Gasteiger partial charge in [0.1, 0.15) is 0 Å². The minimum atomic E-state index is -4.40. The van der Waals surface area contributed by atoms with Crippen molar-refractivity contribution in [3.05, 3.63) is 34.2 Å². The van der Waals surface area contributed by atoms with Crippen molar-refractivity contribution in [3.8, 4) is 0 Å². The van der Waals surface area contributed by atoms with Crippen molar-refractivity contribution >= 4 is 26.0 Å². The van der Waals surface area contributed by atoms with Crippen LogP contribution in [0.2, 0.25) is 0 Å². The summed E-state index contributed by atoms with van der Waals surface area (Å²) >= 11 is 0. The van der Waals surface area contributed by atoms with Crippen molar-refractivity contribution in [2.24, 2.45) is 0 Å². The highest BCUT2D eigenvalue weighted by Crippen LogP contribution is 2.80. The van der Waals surface area contributed by atoms with Crippen molar-refractivity contribution < 1.29 is 13.2 Å². The first-order valence-electron chi connectivity index (χ1n) is 6.21. The number of allylic oxidation sites excluding steroid dienone is 1. The molecule has 1 aromatic carbocycles. The first-order valence-corrected chi connectivity index (χ1v) is 8.67. The van der Waals surface area contributed by atoms with Gasteiger partial charge in [-0.25, -0.2) is 0 Å². The maximum absolute atomic E-state index is 13.5. The van der Waals surface area contributed by atoms with Crippen molar-refractivity contribution in [3.63, 3.8) is 0 Å². The van der Waals surface area contributed by atoms with Crippen LogP contribution in [0.4, 0.5) is 13.2 Å². The Morgan fingerprint density at radius 3 is 2.53 bits per heavy atom. The van der Waals surface area contributed by atoms with E-state index in [1.807, 2.05) is 13.0 Å². The molecule has 106 valence electrons. The molecule has 1 aromatic rings. The van der Waals surface area contributed by atoms with E-state index < -0.39 is 14.7 Å². The normalized spacial score (nSPS) is 25.7. The molecule has 0 N–H and O–H groups in total. The number of benzene rings is 1. The molecule has 0 nitrogen and oxygen atoms in total. The van der Waals surface area contributed by atoms with E-state index in [1.165, 1.54) is 0 Å². The highest BCUT2D eigenvalue weighted by molar-refractivity contribution is 8.54. The van der Waals surface area contributed by atoms with Crippen LogP contribution in [0, 0.1) is 6.92 Å². The summed E-state index contributed by atoms with van der Waals surface area (Å²) < 4.78 is 40.5. The smallest absolute Gasteiger partial charge is 0.160 e. The van der Waals surface area contributed by atoms with Crippen LogP contribution in [0.15, 0.2) is 28.0 Å². The van der Waals surface area contributed by atoms with E-state index in [4.69, 9.17) is 10.7 Å². The largest absolute Gasteiger partial charge is 0.445 e. The van der Waals surface area contributed by atoms with Crippen LogP contribution in [0.1, 0.15) is 37.3 Å². The van der Waals surface area contributed by atoms with Crippen LogP contribution in [0.5, 0.6) is 0 Å². The molecule has 1 heterocycles. The van der Waals surface area contributed by atoms with Crippen LogP contribution in [0.3, 0.4) is 0 Å². The molecule has 1 unspecified atom stereocenters. The zero-order valence-corrected chi connectivity index (χ0v) is 12.4. The summed E-state index contributed by atoms with van der Waals surface area (Å²) in [7, 11) is 2.76. The Morgan fingerprint density at radius 1 is 1.26 bits per heavy atom. The molecule has 1 aliphatic rings. The number of rotatable bonds is 3. The van der Waals surface area contributed by atoms with Crippen molar-refractivity contribution in [2.75, 3.05) is 0 Å². The molecule has 0 saturated carbocycles. The molecule has 5 heteroatoms. The molecule has 0 fully saturated rings. The molecule has 0 amide bonds. The second-order valence-corrected chi connectivity index (χ2v) is 8.63. The fourth-order valence-corrected chi connectivity index (χ4v) is 5.35. The predicted octanol–water partition coefficient (Wildman–Crippen LogP) is 6.38. The highest BCUT2D eigenvalue weighted by atomic mass is 35.7. The molecule has 0 aliphatic carbocycles. The number of halogens is 4. The van der Waals surface area contributed by atoms with Gasteiger partial charge >= 0.3 is 5.51 Å². The Hall–Kier alpha value is -0.610. The van der Waals surface area contributed by atoms with Crippen molar-refractivity contribution in [2.45, 2.75) is 43.5 Å². The molecule has 0 spiro atoms. The maximum atomic E-state index is 13.5. The van der Waals surface area contributed by atoms with Crippen LogP contribution >= 0.6 is 19.9 Å². The Morgan fingerprint density at radius 2 is 1.95 bits per heavy atom. The lowest BCUT2D eigenvalue weighted by molar-refractivity contribution is -0.0359. The molecule has 0 aromatic heterocycles. The van der Waals surface area contributed by atoms with Crippen LogP contribution in [-0.2, 0) is 0 Å². The van der Waals surface area contributed by atoms with Gasteiger partial charge in [-0.3, -0.25) is 0 Å². The summed E-state index contributed by atoms with van der Waals surface area (Å²) in [6, 6.07) is 5.14. The Balaban J connectivity index is 2.53. The second-order valence-electron chi connectivity index (χ2n) is 4.74. The van der Waals surface area contributed by atoms with Gasteiger partial charge in [0, 0.05) is 4.90 Å². The predicted molar refractivity (Wildman–Crippen MR) is 76.4 cm³/mol. The van der Waals surface area contributed by atoms with Gasteiger partial charge in [0.25, 0.3) is 0 Å². The monoisotopic (exact) mass is 308 g/mol. The Kier molecular flexibility index (Phi) is 3.94. The van der Waals surface area contributed by atoms with Gasteiger partial charge in [-0.2, -0.15) is 13.2 Å². The third kappa shape index (κ3) is 2.40. The fourth-order valence-electron chi connectivity index (χ4n) is 2.24. The molecular formula is C14H16ClF3S. The van der Waals surface area contributed by atoms with Crippen molar-refractivity contribution in [1.82, 2.24) is 0 Å². The van der Waals surface area contributed by atoms with Crippen LogP contribution in [-0.4, -0.2) is 5.51 Å². The second kappa shape index (κ2) is 5.06. The van der Waals surface area contributed by atoms with Crippen LogP contribution in [0.25, 0.3) is 6.08 Å². The lowest BCUT2D eigenvalue weighted by atomic mass is 10.1. The summed E-state index contributed by atoms with van der Waals surface area (Å²) in [6.45, 7) is 3.75. The summed E-state index contributed by atoms with van der Waals surface area (Å²) in [4.78, 5) is 0.608. The highest BCUT2D eigenvalue weighted by Gasteiger charge is 2.55. The van der Waals surface area contributed by atoms with E-state index >= 15 is 0 Å². The molecular weight excluding hydrogens is 293 g/mol. The SMILES string of the molecule is CCCCC1=Cc2ccc(C)cc2S1(Cl)C(F)(F)F. The van der Waals surface area contributed by atoms with E-state index in [0.29, 0.717) is 16.9 Å². The number of hydrogen-bond acceptors (Lipinski definition) is 0. The van der Waals surface area contributed by atoms with E-state index in [0.717, 1.165) is 18.4 Å². The van der Waals surface area contributed by atoms with Gasteiger partial charge in [-0.05, 0) is 67.9 Å². The van der Waals surface area contributed by atoms with Gasteiger partial charge in [-0.1, -0.05) is 25.5 Å². The van der Waals surface area contributed by atoms with E-state index in [1.54, 1.807) is 25.1 Å². The number of hydrogen-bond donors (Lipinski definition) is 0. The zero-order chi connectivity index (χ0) is 14.3. The maximum Gasteiger partial charge on any atom is 0.445 e. The topological polar surface area (TPSA) is 0 Å². The first-order chi connectivity index (χ1) is 8.80.